The summed E-state index contributed by atoms with van der Waals surface area (Å²) in [5, 5.41) is 8.19. The number of likely N-dealkylation sites (tertiary alicyclic amines) is 1. The van der Waals surface area contributed by atoms with Gasteiger partial charge in [0.25, 0.3) is 0 Å². The summed E-state index contributed by atoms with van der Waals surface area (Å²) in [5.41, 5.74) is 0.270. The van der Waals surface area contributed by atoms with E-state index in [1.165, 1.54) is 0 Å². The average Bonchev–Trinajstić information content (AvgIpc) is 3.16. The van der Waals surface area contributed by atoms with Crippen LogP contribution in [0.5, 0.6) is 5.75 Å². The molecule has 3 heterocycles. The Morgan fingerprint density at radius 3 is 2.92 bits per heavy atom. The van der Waals surface area contributed by atoms with E-state index >= 15 is 0 Å². The van der Waals surface area contributed by atoms with Crippen LogP contribution in [0.3, 0.4) is 0 Å². The van der Waals surface area contributed by atoms with Crippen LogP contribution >= 0.6 is 0 Å². The van der Waals surface area contributed by atoms with Crippen molar-refractivity contribution in [3.8, 4) is 5.75 Å². The Labute approximate surface area is 140 Å². The molecule has 1 aromatic heterocycles. The van der Waals surface area contributed by atoms with Gasteiger partial charge in [0.2, 0.25) is 11.8 Å². The number of fused-ring (bicyclic) bond motifs is 1. The van der Waals surface area contributed by atoms with Gasteiger partial charge in [0.05, 0.1) is 18.5 Å². The van der Waals surface area contributed by atoms with Crippen molar-refractivity contribution >= 4 is 5.78 Å². The van der Waals surface area contributed by atoms with E-state index in [2.05, 4.69) is 15.1 Å². The van der Waals surface area contributed by atoms with Crippen LogP contribution < -0.4 is 4.74 Å². The molecule has 0 unspecified atom stereocenters. The van der Waals surface area contributed by atoms with Gasteiger partial charge in [0, 0.05) is 25.4 Å². The van der Waals surface area contributed by atoms with Crippen molar-refractivity contribution in [2.24, 2.45) is 0 Å². The van der Waals surface area contributed by atoms with E-state index in [0.29, 0.717) is 42.6 Å². The summed E-state index contributed by atoms with van der Waals surface area (Å²) in [6.07, 6.45) is 1.26. The molecule has 24 heavy (non-hydrogen) atoms. The Morgan fingerprint density at radius 2 is 2.12 bits per heavy atom. The number of ether oxygens (including phenoxy) is 1. The minimum Gasteiger partial charge on any atom is -0.485 e. The second kappa shape index (κ2) is 5.70. The molecule has 0 amide bonds. The summed E-state index contributed by atoms with van der Waals surface area (Å²) in [4.78, 5) is 14.7. The molecule has 0 saturated carbocycles. The first-order chi connectivity index (χ1) is 11.5. The highest BCUT2D eigenvalue weighted by Gasteiger charge is 2.45. The molecule has 1 saturated heterocycles. The third kappa shape index (κ3) is 2.71. The molecular weight excluding hydrogens is 306 g/mol. The van der Waals surface area contributed by atoms with Crippen molar-refractivity contribution in [2.45, 2.75) is 44.8 Å². The normalized spacial score (nSPS) is 23.7. The van der Waals surface area contributed by atoms with Crippen molar-refractivity contribution < 1.29 is 13.9 Å². The molecule has 1 aromatic carbocycles. The van der Waals surface area contributed by atoms with Gasteiger partial charge in [-0.1, -0.05) is 26.0 Å². The fraction of sp³-hybridized carbons (Fsp3) is 0.500. The second-order valence-corrected chi connectivity index (χ2v) is 7.03. The smallest absolute Gasteiger partial charge is 0.230 e. The Morgan fingerprint density at radius 1 is 1.29 bits per heavy atom. The Hall–Kier alpha value is -2.21. The highest BCUT2D eigenvalue weighted by atomic mass is 16.5. The zero-order chi connectivity index (χ0) is 16.7. The number of hydrogen-bond donors (Lipinski definition) is 0. The molecule has 1 fully saturated rings. The molecule has 1 spiro atoms. The van der Waals surface area contributed by atoms with Crippen LogP contribution in [0.4, 0.5) is 0 Å². The van der Waals surface area contributed by atoms with Crippen LogP contribution in [0, 0.1) is 0 Å². The largest absolute Gasteiger partial charge is 0.485 e. The van der Waals surface area contributed by atoms with E-state index in [4.69, 9.17) is 9.15 Å². The number of rotatable bonds is 3. The van der Waals surface area contributed by atoms with E-state index in [9.17, 15) is 4.79 Å². The van der Waals surface area contributed by atoms with Crippen molar-refractivity contribution in [1.29, 1.82) is 0 Å². The second-order valence-electron chi connectivity index (χ2n) is 7.03. The van der Waals surface area contributed by atoms with E-state index in [-0.39, 0.29) is 11.7 Å². The van der Waals surface area contributed by atoms with Gasteiger partial charge in [0.15, 0.2) is 5.78 Å². The van der Waals surface area contributed by atoms with E-state index in [0.717, 1.165) is 13.0 Å². The minimum absolute atomic E-state index is 0.165. The lowest BCUT2D eigenvalue weighted by atomic mass is 9.89. The summed E-state index contributed by atoms with van der Waals surface area (Å²) in [7, 11) is 0. The van der Waals surface area contributed by atoms with Crippen molar-refractivity contribution in [3.63, 3.8) is 0 Å². The summed E-state index contributed by atoms with van der Waals surface area (Å²) in [6, 6.07) is 7.50. The average molecular weight is 327 g/mol. The molecule has 0 radical (unpaired) electrons. The van der Waals surface area contributed by atoms with E-state index < -0.39 is 5.60 Å². The Bertz CT molecular complexity index is 770. The van der Waals surface area contributed by atoms with Crippen LogP contribution in [0.2, 0.25) is 0 Å². The number of nitrogens with zero attached hydrogens (tertiary/aromatic N) is 3. The van der Waals surface area contributed by atoms with Crippen molar-refractivity contribution in [2.75, 3.05) is 13.1 Å². The SMILES string of the molecule is CC(C)c1nnc(CN2CC[C@]3(CC(=O)c4ccccc4O3)C2)o1. The number of ketones is 1. The highest BCUT2D eigenvalue weighted by Crippen LogP contribution is 2.38. The molecule has 126 valence electrons. The minimum atomic E-state index is -0.424. The van der Waals surface area contributed by atoms with Gasteiger partial charge in [-0.2, -0.15) is 0 Å². The van der Waals surface area contributed by atoms with E-state index in [1.54, 1.807) is 0 Å². The molecule has 2 aliphatic heterocycles. The van der Waals surface area contributed by atoms with Gasteiger partial charge in [-0.3, -0.25) is 9.69 Å². The maximum atomic E-state index is 12.5. The van der Waals surface area contributed by atoms with Crippen LogP contribution in [0.15, 0.2) is 28.7 Å². The summed E-state index contributed by atoms with van der Waals surface area (Å²) < 4.78 is 11.9. The van der Waals surface area contributed by atoms with Gasteiger partial charge < -0.3 is 9.15 Å². The predicted molar refractivity (Wildman–Crippen MR) is 87.0 cm³/mol. The lowest BCUT2D eigenvalue weighted by molar-refractivity contribution is 0.0450. The zero-order valence-electron chi connectivity index (χ0n) is 14.0. The fourth-order valence-electron chi connectivity index (χ4n) is 3.49. The highest BCUT2D eigenvalue weighted by molar-refractivity contribution is 6.00. The van der Waals surface area contributed by atoms with E-state index in [1.807, 2.05) is 38.1 Å². The number of para-hydroxylation sites is 1. The number of Topliss-reactive ketones (excluding diaryl/α,β-unsaturated/α-hetero) is 1. The Balaban J connectivity index is 1.47. The molecule has 0 N–H and O–H groups in total. The van der Waals surface area contributed by atoms with Gasteiger partial charge in [-0.05, 0) is 12.1 Å². The molecule has 6 nitrogen and oxygen atoms in total. The summed E-state index contributed by atoms with van der Waals surface area (Å²) >= 11 is 0. The lowest BCUT2D eigenvalue weighted by Gasteiger charge is -2.34. The van der Waals surface area contributed by atoms with Crippen molar-refractivity contribution in [1.82, 2.24) is 15.1 Å². The van der Waals surface area contributed by atoms with Crippen LogP contribution in [-0.2, 0) is 6.54 Å². The summed E-state index contributed by atoms with van der Waals surface area (Å²) in [5.74, 6) is 2.39. The quantitative estimate of drug-likeness (QED) is 0.863. The molecular formula is C18H21N3O3. The molecule has 1 atom stereocenters. The van der Waals surface area contributed by atoms with Crippen LogP contribution in [0.25, 0.3) is 0 Å². The number of benzene rings is 1. The molecule has 0 bridgehead atoms. The van der Waals surface area contributed by atoms with Crippen LogP contribution in [-0.4, -0.2) is 39.6 Å². The monoisotopic (exact) mass is 327 g/mol. The molecule has 2 aliphatic rings. The maximum Gasteiger partial charge on any atom is 0.230 e. The van der Waals surface area contributed by atoms with Crippen LogP contribution in [0.1, 0.15) is 54.7 Å². The van der Waals surface area contributed by atoms with Gasteiger partial charge in [0.1, 0.15) is 11.4 Å². The molecule has 0 aliphatic carbocycles. The first-order valence-corrected chi connectivity index (χ1v) is 8.41. The standard InChI is InChI=1S/C18H21N3O3/c1-12(2)17-20-19-16(23-17)10-21-8-7-18(11-21)9-14(22)13-5-3-4-6-15(13)24-18/h3-6,12H,7-11H2,1-2H3/t18-/m0/s1. The first kappa shape index (κ1) is 15.3. The zero-order valence-corrected chi connectivity index (χ0v) is 14.0. The number of aromatic nitrogens is 2. The van der Waals surface area contributed by atoms with Gasteiger partial charge in [-0.15, -0.1) is 10.2 Å². The van der Waals surface area contributed by atoms with Gasteiger partial charge >= 0.3 is 0 Å². The molecule has 6 heteroatoms. The molecule has 4 rings (SSSR count). The lowest BCUT2D eigenvalue weighted by Crippen LogP contribution is -2.44. The predicted octanol–water partition coefficient (Wildman–Crippen LogP) is 2.80. The van der Waals surface area contributed by atoms with Crippen molar-refractivity contribution in [3.05, 3.63) is 41.6 Å². The molecule has 2 aromatic rings. The third-order valence-electron chi connectivity index (χ3n) is 4.73. The van der Waals surface area contributed by atoms with Gasteiger partial charge in [-0.25, -0.2) is 0 Å². The number of hydrogen-bond acceptors (Lipinski definition) is 6. The third-order valence-corrected chi connectivity index (χ3v) is 4.73. The maximum absolute atomic E-state index is 12.5. The summed E-state index contributed by atoms with van der Waals surface area (Å²) in [6.45, 7) is 6.21. The number of carbonyl (C=O) groups is 1. The number of carbonyl (C=O) groups excluding carboxylic acids is 1. The Kier molecular flexibility index (Phi) is 3.64. The first-order valence-electron chi connectivity index (χ1n) is 8.41. The fourth-order valence-corrected chi connectivity index (χ4v) is 3.49. The topological polar surface area (TPSA) is 68.5 Å².